The second-order valence-corrected chi connectivity index (χ2v) is 6.87. The molecule has 4 nitrogen and oxygen atoms in total. The van der Waals surface area contributed by atoms with E-state index in [1.165, 1.54) is 4.31 Å². The molecule has 108 valence electrons. The molecule has 0 aliphatic rings. The fraction of sp³-hybridized carbons (Fsp3) is 0.188. The van der Waals surface area contributed by atoms with Gasteiger partial charge in [0.15, 0.2) is 0 Å². The molecule has 0 saturated carbocycles. The van der Waals surface area contributed by atoms with Crippen LogP contribution < -0.4 is 4.31 Å². The van der Waals surface area contributed by atoms with Gasteiger partial charge in [0.25, 0.3) is 0 Å². The molecule has 0 aromatic heterocycles. The Morgan fingerprint density at radius 3 is 2.14 bits per heavy atom. The van der Waals surface area contributed by atoms with Crippen molar-refractivity contribution in [2.45, 2.75) is 12.7 Å². The first-order chi connectivity index (χ1) is 9.92. The molecule has 5 heteroatoms. The summed E-state index contributed by atoms with van der Waals surface area (Å²) in [6.45, 7) is 1.95. The maximum absolute atomic E-state index is 12.4. The highest BCUT2D eigenvalue weighted by atomic mass is 32.2. The zero-order valence-electron chi connectivity index (χ0n) is 11.9. The van der Waals surface area contributed by atoms with Gasteiger partial charge in [0.05, 0.1) is 23.1 Å². The molecule has 21 heavy (non-hydrogen) atoms. The van der Waals surface area contributed by atoms with E-state index in [9.17, 15) is 8.42 Å². The van der Waals surface area contributed by atoms with Crippen molar-refractivity contribution in [3.63, 3.8) is 0 Å². The molecular formula is C16H16N2O2S. The third-order valence-electron chi connectivity index (χ3n) is 3.25. The number of anilines is 1. The zero-order valence-corrected chi connectivity index (χ0v) is 12.8. The smallest absolute Gasteiger partial charge is 0.239 e. The Labute approximate surface area is 125 Å². The van der Waals surface area contributed by atoms with Crippen LogP contribution in [0.2, 0.25) is 0 Å². The molecular weight excluding hydrogens is 284 g/mol. The van der Waals surface area contributed by atoms with Crippen molar-refractivity contribution in [3.05, 3.63) is 65.2 Å². The van der Waals surface area contributed by atoms with Gasteiger partial charge in [-0.2, -0.15) is 5.26 Å². The van der Waals surface area contributed by atoms with Crippen LogP contribution in [-0.4, -0.2) is 15.5 Å². The van der Waals surface area contributed by atoms with Crippen molar-refractivity contribution in [2.75, 3.05) is 11.4 Å². The molecule has 0 atom stereocenters. The molecule has 0 bridgehead atoms. The molecule has 0 saturated heterocycles. The molecule has 2 aromatic rings. The molecule has 0 spiro atoms. The van der Waals surface area contributed by atoms with Crippen LogP contribution in [0.4, 0.5) is 5.69 Å². The van der Waals surface area contributed by atoms with Crippen LogP contribution in [0.3, 0.4) is 0 Å². The fourth-order valence-electron chi connectivity index (χ4n) is 1.90. The Hall–Kier alpha value is -2.32. The zero-order chi connectivity index (χ0) is 15.5. The number of nitriles is 1. The van der Waals surface area contributed by atoms with Crippen molar-refractivity contribution in [1.29, 1.82) is 5.26 Å². The summed E-state index contributed by atoms with van der Waals surface area (Å²) in [6.07, 6.45) is 0. The summed E-state index contributed by atoms with van der Waals surface area (Å²) in [7, 11) is -1.90. The summed E-state index contributed by atoms with van der Waals surface area (Å²) >= 11 is 0. The van der Waals surface area contributed by atoms with Gasteiger partial charge >= 0.3 is 0 Å². The molecule has 0 fully saturated rings. The number of nitrogens with zero attached hydrogens (tertiary/aromatic N) is 2. The van der Waals surface area contributed by atoms with Gasteiger partial charge in [0, 0.05) is 7.05 Å². The predicted molar refractivity (Wildman–Crippen MR) is 83.4 cm³/mol. The van der Waals surface area contributed by atoms with E-state index >= 15 is 0 Å². The quantitative estimate of drug-likeness (QED) is 0.872. The normalized spacial score (nSPS) is 10.9. The molecule has 0 radical (unpaired) electrons. The van der Waals surface area contributed by atoms with E-state index in [1.807, 2.05) is 25.1 Å². The summed E-state index contributed by atoms with van der Waals surface area (Å²) < 4.78 is 26.1. The van der Waals surface area contributed by atoms with E-state index in [4.69, 9.17) is 5.26 Å². The van der Waals surface area contributed by atoms with Gasteiger partial charge in [0.1, 0.15) is 0 Å². The first-order valence-electron chi connectivity index (χ1n) is 6.45. The van der Waals surface area contributed by atoms with Crippen LogP contribution in [-0.2, 0) is 15.8 Å². The average molecular weight is 300 g/mol. The van der Waals surface area contributed by atoms with Crippen LogP contribution in [0.1, 0.15) is 16.7 Å². The van der Waals surface area contributed by atoms with Gasteiger partial charge in [-0.15, -0.1) is 0 Å². The van der Waals surface area contributed by atoms with Gasteiger partial charge in [0.2, 0.25) is 10.0 Å². The minimum Gasteiger partial charge on any atom is -0.273 e. The molecule has 0 N–H and O–H groups in total. The minimum atomic E-state index is -3.45. The van der Waals surface area contributed by atoms with Crippen LogP contribution in [0.15, 0.2) is 48.5 Å². The molecule has 0 unspecified atom stereocenters. The average Bonchev–Trinajstić information content (AvgIpc) is 2.48. The lowest BCUT2D eigenvalue weighted by molar-refractivity contribution is 0.593. The third-order valence-corrected chi connectivity index (χ3v) is 4.99. The Kier molecular flexibility index (Phi) is 4.29. The molecule has 0 heterocycles. The Balaban J connectivity index is 2.21. The summed E-state index contributed by atoms with van der Waals surface area (Å²) in [5, 5.41) is 8.74. The highest BCUT2D eigenvalue weighted by Crippen LogP contribution is 2.19. The topological polar surface area (TPSA) is 61.2 Å². The lowest BCUT2D eigenvalue weighted by Crippen LogP contribution is -2.27. The largest absolute Gasteiger partial charge is 0.273 e. The van der Waals surface area contributed by atoms with Gasteiger partial charge in [-0.05, 0) is 36.8 Å². The van der Waals surface area contributed by atoms with Crippen molar-refractivity contribution in [1.82, 2.24) is 0 Å². The number of sulfonamides is 1. The van der Waals surface area contributed by atoms with Gasteiger partial charge in [-0.25, -0.2) is 8.42 Å². The number of hydrogen-bond acceptors (Lipinski definition) is 3. The second-order valence-electron chi connectivity index (χ2n) is 4.87. The monoisotopic (exact) mass is 300 g/mol. The Morgan fingerprint density at radius 1 is 1.05 bits per heavy atom. The Bertz CT molecular complexity index is 757. The van der Waals surface area contributed by atoms with E-state index in [1.54, 1.807) is 43.4 Å². The summed E-state index contributed by atoms with van der Waals surface area (Å²) in [5.74, 6) is -0.0942. The predicted octanol–water partition coefficient (Wildman–Crippen LogP) is 2.83. The van der Waals surface area contributed by atoms with Crippen molar-refractivity contribution < 1.29 is 8.42 Å². The van der Waals surface area contributed by atoms with Crippen molar-refractivity contribution in [3.8, 4) is 6.07 Å². The number of aryl methyl sites for hydroxylation is 1. The first kappa shape index (κ1) is 15.1. The lowest BCUT2D eigenvalue weighted by Gasteiger charge is -2.19. The molecule has 0 amide bonds. The second kappa shape index (κ2) is 5.98. The summed E-state index contributed by atoms with van der Waals surface area (Å²) in [4.78, 5) is 0. The van der Waals surface area contributed by atoms with Crippen molar-refractivity contribution >= 4 is 15.7 Å². The van der Waals surface area contributed by atoms with Crippen molar-refractivity contribution in [2.24, 2.45) is 0 Å². The number of rotatable bonds is 4. The van der Waals surface area contributed by atoms with E-state index in [0.29, 0.717) is 16.8 Å². The molecule has 0 aliphatic heterocycles. The first-order valence-corrected chi connectivity index (χ1v) is 8.05. The minimum absolute atomic E-state index is 0.0942. The fourth-order valence-corrected chi connectivity index (χ4v) is 3.15. The van der Waals surface area contributed by atoms with E-state index in [2.05, 4.69) is 0 Å². The molecule has 2 aromatic carbocycles. The van der Waals surface area contributed by atoms with Gasteiger partial charge in [-0.3, -0.25) is 4.31 Å². The standard InChI is InChI=1S/C16H16N2O2S/c1-13-3-9-16(10-4-13)18(2)21(19,20)12-15-7-5-14(11-17)6-8-15/h3-10H,12H2,1-2H3. The van der Waals surface area contributed by atoms with E-state index < -0.39 is 10.0 Å². The van der Waals surface area contributed by atoms with Crippen LogP contribution >= 0.6 is 0 Å². The number of hydrogen-bond donors (Lipinski definition) is 0. The highest BCUT2D eigenvalue weighted by molar-refractivity contribution is 7.92. The SMILES string of the molecule is Cc1ccc(N(C)S(=O)(=O)Cc2ccc(C#N)cc2)cc1. The van der Waals surface area contributed by atoms with Crippen LogP contribution in [0, 0.1) is 18.3 Å². The third kappa shape index (κ3) is 3.61. The highest BCUT2D eigenvalue weighted by Gasteiger charge is 2.19. The van der Waals surface area contributed by atoms with Crippen LogP contribution in [0.5, 0.6) is 0 Å². The number of benzene rings is 2. The summed E-state index contributed by atoms with van der Waals surface area (Å²) in [6, 6.07) is 15.9. The molecule has 2 rings (SSSR count). The van der Waals surface area contributed by atoms with Gasteiger partial charge < -0.3 is 0 Å². The van der Waals surface area contributed by atoms with E-state index in [-0.39, 0.29) is 5.75 Å². The lowest BCUT2D eigenvalue weighted by atomic mass is 10.2. The van der Waals surface area contributed by atoms with Crippen LogP contribution in [0.25, 0.3) is 0 Å². The Morgan fingerprint density at radius 2 is 1.62 bits per heavy atom. The maximum atomic E-state index is 12.4. The maximum Gasteiger partial charge on any atom is 0.239 e. The molecule has 0 aliphatic carbocycles. The van der Waals surface area contributed by atoms with E-state index in [0.717, 1.165) is 5.56 Å². The van der Waals surface area contributed by atoms with Gasteiger partial charge in [-0.1, -0.05) is 29.8 Å². The summed E-state index contributed by atoms with van der Waals surface area (Å²) in [5.41, 5.74) is 2.89.